The minimum Gasteiger partial charge on any atom is -0.314 e. The average molecular weight is 910 g/mol. The molecule has 0 aromatic heterocycles. The molecule has 2 saturated heterocycles. The summed E-state index contributed by atoms with van der Waals surface area (Å²) in [6, 6.07) is 0. The van der Waals surface area contributed by atoms with E-state index in [1.807, 2.05) is 0 Å². The second-order valence-corrected chi connectivity index (χ2v) is 19.7. The molecule has 2 unspecified atom stereocenters. The first kappa shape index (κ1) is 58.8. The lowest BCUT2D eigenvalue weighted by Gasteiger charge is -2.16. The van der Waals surface area contributed by atoms with Crippen molar-refractivity contribution in [3.63, 3.8) is 0 Å². The Morgan fingerprint density at radius 1 is 0.369 bits per heavy atom. The third-order valence-electron chi connectivity index (χ3n) is 13.8. The molecule has 2 rings (SSSR count). The highest BCUT2D eigenvalue weighted by Crippen LogP contribution is 2.26. The number of carbonyl (C=O) groups excluding carboxylic acids is 4. The number of hydrogen-bond donors (Lipinski definition) is 3. The topological polar surface area (TPSA) is 111 Å². The van der Waals surface area contributed by atoms with E-state index in [4.69, 9.17) is 0 Å². The molecule has 65 heavy (non-hydrogen) atoms. The van der Waals surface area contributed by atoms with Gasteiger partial charge in [0, 0.05) is 77.0 Å². The van der Waals surface area contributed by atoms with Gasteiger partial charge in [-0.1, -0.05) is 192 Å². The Hall–Kier alpha value is -2.36. The minimum absolute atomic E-state index is 0.0190. The van der Waals surface area contributed by atoms with E-state index >= 15 is 0 Å². The molecule has 0 saturated carbocycles. The van der Waals surface area contributed by atoms with Crippen molar-refractivity contribution in [3.05, 3.63) is 24.3 Å². The molecule has 2 aliphatic heterocycles. The van der Waals surface area contributed by atoms with Crippen LogP contribution in [-0.4, -0.2) is 85.8 Å². The van der Waals surface area contributed by atoms with Crippen molar-refractivity contribution >= 4 is 23.6 Å². The third kappa shape index (κ3) is 31.3. The maximum Gasteiger partial charge on any atom is 0.232 e. The number of nitrogens with one attached hydrogen (secondary N) is 3. The van der Waals surface area contributed by atoms with Gasteiger partial charge in [0.2, 0.25) is 23.6 Å². The van der Waals surface area contributed by atoms with E-state index in [-0.39, 0.29) is 35.5 Å². The zero-order valence-corrected chi connectivity index (χ0v) is 42.6. The summed E-state index contributed by atoms with van der Waals surface area (Å²) < 4.78 is 0. The lowest BCUT2D eigenvalue weighted by atomic mass is 9.98. The maximum absolute atomic E-state index is 12.9. The highest BCUT2D eigenvalue weighted by atomic mass is 16.2. The van der Waals surface area contributed by atoms with Gasteiger partial charge in [0.15, 0.2) is 0 Å². The van der Waals surface area contributed by atoms with Crippen LogP contribution in [0.15, 0.2) is 24.3 Å². The second kappa shape index (κ2) is 43.0. The van der Waals surface area contributed by atoms with Crippen LogP contribution >= 0.6 is 0 Å². The van der Waals surface area contributed by atoms with Gasteiger partial charge in [0.05, 0.1) is 0 Å². The fourth-order valence-electron chi connectivity index (χ4n) is 9.52. The molecule has 4 amide bonds. The largest absolute Gasteiger partial charge is 0.314 e. The molecule has 0 bridgehead atoms. The molecule has 2 heterocycles. The summed E-state index contributed by atoms with van der Waals surface area (Å²) in [4.78, 5) is 53.9. The van der Waals surface area contributed by atoms with Crippen molar-refractivity contribution in [3.8, 4) is 0 Å². The highest BCUT2D eigenvalue weighted by Gasteiger charge is 2.38. The number of amides is 4. The van der Waals surface area contributed by atoms with Crippen molar-refractivity contribution in [2.45, 2.75) is 245 Å². The quantitative estimate of drug-likeness (QED) is 0.0317. The zero-order valence-electron chi connectivity index (χ0n) is 42.6. The first-order valence-electron chi connectivity index (χ1n) is 28.1. The minimum atomic E-state index is -0.134. The molecule has 2 aliphatic rings. The molecule has 3 N–H and O–H groups in total. The van der Waals surface area contributed by atoms with E-state index in [1.165, 1.54) is 190 Å². The molecule has 2 fully saturated rings. The van der Waals surface area contributed by atoms with Crippen LogP contribution in [-0.2, 0) is 19.2 Å². The number of nitrogens with zero attached hydrogens (tertiary/aromatic N) is 2. The van der Waals surface area contributed by atoms with Crippen LogP contribution in [0.1, 0.15) is 245 Å². The average Bonchev–Trinajstić information content (AvgIpc) is 3.73. The van der Waals surface area contributed by atoms with Crippen LogP contribution in [0.4, 0.5) is 0 Å². The Labute approximate surface area is 400 Å². The zero-order chi connectivity index (χ0) is 46.7. The number of carbonyl (C=O) groups is 4. The van der Waals surface area contributed by atoms with Crippen molar-refractivity contribution in [1.29, 1.82) is 0 Å². The van der Waals surface area contributed by atoms with Gasteiger partial charge in [0.1, 0.15) is 0 Å². The van der Waals surface area contributed by atoms with Gasteiger partial charge < -0.3 is 16.0 Å². The van der Waals surface area contributed by atoms with Crippen molar-refractivity contribution in [2.75, 3.05) is 52.4 Å². The number of hydrogen-bond acceptors (Lipinski definition) is 7. The normalized spacial score (nSPS) is 16.9. The van der Waals surface area contributed by atoms with Crippen LogP contribution in [0.2, 0.25) is 0 Å². The number of rotatable bonds is 48. The van der Waals surface area contributed by atoms with Gasteiger partial charge in [-0.3, -0.25) is 29.0 Å². The molecule has 376 valence electrons. The maximum atomic E-state index is 12.9. The molecule has 9 nitrogen and oxygen atoms in total. The van der Waals surface area contributed by atoms with E-state index in [0.717, 1.165) is 64.7 Å². The lowest BCUT2D eigenvalue weighted by molar-refractivity contribution is -0.140. The van der Waals surface area contributed by atoms with E-state index in [2.05, 4.69) is 54.1 Å². The van der Waals surface area contributed by atoms with Crippen LogP contribution < -0.4 is 16.0 Å². The van der Waals surface area contributed by atoms with Crippen molar-refractivity contribution in [2.24, 2.45) is 11.8 Å². The predicted octanol–water partition coefficient (Wildman–Crippen LogP) is 12.9. The monoisotopic (exact) mass is 910 g/mol. The Morgan fingerprint density at radius 3 is 0.954 bits per heavy atom. The van der Waals surface area contributed by atoms with E-state index in [1.54, 1.807) is 0 Å². The van der Waals surface area contributed by atoms with E-state index in [9.17, 15) is 19.2 Å². The van der Waals surface area contributed by atoms with Crippen LogP contribution in [0.3, 0.4) is 0 Å². The van der Waals surface area contributed by atoms with Crippen LogP contribution in [0.25, 0.3) is 0 Å². The Bertz CT molecular complexity index is 1240. The summed E-state index contributed by atoms with van der Waals surface area (Å²) in [6.07, 6.45) is 53.4. The lowest BCUT2D eigenvalue weighted by Crippen LogP contribution is -2.40. The summed E-state index contributed by atoms with van der Waals surface area (Å²) in [5, 5.41) is 10.1. The van der Waals surface area contributed by atoms with Crippen molar-refractivity contribution in [1.82, 2.24) is 25.8 Å². The molecular weight excluding hydrogens is 807 g/mol. The Kier molecular flexibility index (Phi) is 38.8. The van der Waals surface area contributed by atoms with E-state index in [0.29, 0.717) is 39.0 Å². The van der Waals surface area contributed by atoms with E-state index < -0.39 is 0 Å². The van der Waals surface area contributed by atoms with Crippen LogP contribution in [0, 0.1) is 11.8 Å². The molecular formula is C56H103N5O4. The van der Waals surface area contributed by atoms with Crippen LogP contribution in [0.5, 0.6) is 0 Å². The summed E-state index contributed by atoms with van der Waals surface area (Å²) in [5.74, 6) is -0.262. The van der Waals surface area contributed by atoms with Gasteiger partial charge in [-0.05, 0) is 64.2 Å². The Balaban J connectivity index is 1.33. The fraction of sp³-hybridized carbons (Fsp3) is 0.857. The van der Waals surface area contributed by atoms with Crippen molar-refractivity contribution < 1.29 is 19.2 Å². The molecule has 9 heteroatoms. The second-order valence-electron chi connectivity index (χ2n) is 19.7. The smallest absolute Gasteiger partial charge is 0.232 e. The summed E-state index contributed by atoms with van der Waals surface area (Å²) >= 11 is 0. The fourth-order valence-corrected chi connectivity index (χ4v) is 9.52. The molecule has 0 spiro atoms. The number of likely N-dealkylation sites (tertiary alicyclic amines) is 2. The molecule has 0 aliphatic carbocycles. The van der Waals surface area contributed by atoms with Gasteiger partial charge in [-0.15, -0.1) is 0 Å². The van der Waals surface area contributed by atoms with Gasteiger partial charge in [0.25, 0.3) is 0 Å². The molecule has 0 aromatic carbocycles. The molecule has 0 radical (unpaired) electrons. The highest BCUT2D eigenvalue weighted by molar-refractivity contribution is 6.04. The third-order valence-corrected chi connectivity index (χ3v) is 13.8. The first-order valence-corrected chi connectivity index (χ1v) is 28.1. The number of imide groups is 2. The predicted molar refractivity (Wildman–Crippen MR) is 275 cm³/mol. The summed E-state index contributed by atoms with van der Waals surface area (Å²) in [5.41, 5.74) is 0. The van der Waals surface area contributed by atoms with Gasteiger partial charge >= 0.3 is 0 Å². The first-order chi connectivity index (χ1) is 32.0. The molecule has 2 atom stereocenters. The SMILES string of the molecule is CCCCCCC=CCCCCCCCCCCC1CC(=O)N(CCNCCNCCNCCN2C(=O)CC(CCCCCCCC=CCCCCCCCCCCCCC)C2=O)C1=O. The van der Waals surface area contributed by atoms with Gasteiger partial charge in [-0.25, -0.2) is 0 Å². The summed E-state index contributed by atoms with van der Waals surface area (Å²) in [7, 11) is 0. The molecule has 0 aromatic rings. The standard InChI is InChI=1S/C56H103N5O4/c1-3-5-7-9-11-13-15-17-19-21-22-23-24-26-28-30-32-34-36-38-40-52-50-54(63)61(56(52)65)48-46-59-44-42-57-41-43-58-45-47-60-53(62)49-51(55(60)64)39-37-35-33-31-29-27-25-20-18-16-14-12-10-8-6-4-2/h14,16,24,26,51-52,57-59H,3-13,15,17-23,25,27-50H2,1-2H3. The number of unbranched alkanes of at least 4 members (excludes halogenated alkanes) is 28. The summed E-state index contributed by atoms with van der Waals surface area (Å²) in [6.45, 7) is 9.71. The Morgan fingerprint density at radius 2 is 0.631 bits per heavy atom. The number of allylic oxidation sites excluding steroid dienone is 4. The van der Waals surface area contributed by atoms with Gasteiger partial charge in [-0.2, -0.15) is 0 Å².